The van der Waals surface area contributed by atoms with Crippen LogP contribution in [0.4, 0.5) is 0 Å². The number of aliphatic carboxylic acids is 1. The van der Waals surface area contributed by atoms with Crippen molar-refractivity contribution in [3.8, 4) is 0 Å². The second-order valence-corrected chi connectivity index (χ2v) is 5.41. The number of aromatic nitrogens is 1. The number of hydrogen-bond acceptors (Lipinski definition) is 3. The van der Waals surface area contributed by atoms with Gasteiger partial charge in [-0.3, -0.25) is 14.4 Å². The minimum Gasteiger partial charge on any atom is -0.481 e. The summed E-state index contributed by atoms with van der Waals surface area (Å²) in [6.45, 7) is 3.54. The second-order valence-electron chi connectivity index (χ2n) is 5.41. The Kier molecular flexibility index (Phi) is 6.14. The molecular weight excluding hydrogens is 272 g/mol. The summed E-state index contributed by atoms with van der Waals surface area (Å²) in [6.07, 6.45) is 3.57. The third kappa shape index (κ3) is 5.41. The fourth-order valence-corrected chi connectivity index (χ4v) is 1.92. The molecule has 1 rings (SSSR count). The predicted molar refractivity (Wildman–Crippen MR) is 79.3 cm³/mol. The van der Waals surface area contributed by atoms with Crippen LogP contribution >= 0.6 is 0 Å². The zero-order chi connectivity index (χ0) is 16.0. The lowest BCUT2D eigenvalue weighted by Gasteiger charge is -2.14. The minimum absolute atomic E-state index is 0.0671. The molecule has 0 saturated carbocycles. The number of nitrogens with zero attached hydrogens (tertiary/aromatic N) is 1. The number of carbonyl (C=O) groups excluding carboxylic acids is 1. The summed E-state index contributed by atoms with van der Waals surface area (Å²) in [5.74, 6) is -1.46. The lowest BCUT2D eigenvalue weighted by atomic mass is 10.0. The lowest BCUT2D eigenvalue weighted by Crippen LogP contribution is -2.33. The number of amides is 1. The first kappa shape index (κ1) is 16.9. The highest BCUT2D eigenvalue weighted by Gasteiger charge is 2.13. The van der Waals surface area contributed by atoms with Crippen LogP contribution in [-0.4, -0.2) is 27.6 Å². The largest absolute Gasteiger partial charge is 0.481 e. The van der Waals surface area contributed by atoms with Crippen LogP contribution in [-0.2, 0) is 11.8 Å². The molecule has 1 aromatic rings. The van der Waals surface area contributed by atoms with E-state index in [1.807, 2.05) is 6.92 Å². The average Bonchev–Trinajstić information content (AvgIpc) is 2.41. The maximum absolute atomic E-state index is 12.0. The van der Waals surface area contributed by atoms with Gasteiger partial charge in [-0.05, 0) is 25.8 Å². The monoisotopic (exact) mass is 294 g/mol. The first-order valence-electron chi connectivity index (χ1n) is 7.01. The fourth-order valence-electron chi connectivity index (χ4n) is 1.92. The highest BCUT2D eigenvalue weighted by Crippen LogP contribution is 2.10. The lowest BCUT2D eigenvalue weighted by molar-refractivity contribution is -0.141. The van der Waals surface area contributed by atoms with E-state index in [1.54, 1.807) is 26.2 Å². The number of carboxylic acid groups (broad SMARTS) is 1. The molecule has 1 amide bonds. The van der Waals surface area contributed by atoms with Crippen LogP contribution in [0.15, 0.2) is 23.1 Å². The highest BCUT2D eigenvalue weighted by molar-refractivity contribution is 5.94. The first-order chi connectivity index (χ1) is 9.81. The Morgan fingerprint density at radius 1 is 1.33 bits per heavy atom. The van der Waals surface area contributed by atoms with E-state index in [-0.39, 0.29) is 23.4 Å². The van der Waals surface area contributed by atoms with E-state index in [4.69, 9.17) is 5.11 Å². The first-order valence-corrected chi connectivity index (χ1v) is 7.01. The molecule has 21 heavy (non-hydrogen) atoms. The zero-order valence-electron chi connectivity index (χ0n) is 12.6. The Balaban J connectivity index is 2.45. The van der Waals surface area contributed by atoms with Gasteiger partial charge in [0.25, 0.3) is 11.5 Å². The summed E-state index contributed by atoms with van der Waals surface area (Å²) in [5, 5.41) is 11.6. The Morgan fingerprint density at radius 2 is 2.00 bits per heavy atom. The molecule has 0 aliphatic carbocycles. The third-order valence-corrected chi connectivity index (χ3v) is 3.44. The number of nitrogens with one attached hydrogen (secondary N) is 1. The van der Waals surface area contributed by atoms with Gasteiger partial charge in [-0.2, -0.15) is 0 Å². The summed E-state index contributed by atoms with van der Waals surface area (Å²) in [7, 11) is 1.62. The van der Waals surface area contributed by atoms with Gasteiger partial charge >= 0.3 is 5.97 Å². The van der Waals surface area contributed by atoms with E-state index in [1.165, 1.54) is 10.6 Å². The molecule has 2 unspecified atom stereocenters. The molecule has 1 aromatic heterocycles. The number of pyridine rings is 1. The molecule has 2 atom stereocenters. The molecule has 0 aliphatic heterocycles. The molecular formula is C15H22N2O4. The van der Waals surface area contributed by atoms with Crippen molar-refractivity contribution in [2.24, 2.45) is 13.0 Å². The number of hydrogen-bond donors (Lipinski definition) is 2. The van der Waals surface area contributed by atoms with Crippen LogP contribution in [0.3, 0.4) is 0 Å². The molecule has 0 aliphatic rings. The van der Waals surface area contributed by atoms with Crippen LogP contribution in [0.5, 0.6) is 0 Å². The van der Waals surface area contributed by atoms with Crippen molar-refractivity contribution in [3.05, 3.63) is 34.2 Å². The van der Waals surface area contributed by atoms with Crippen LogP contribution in [0.1, 0.15) is 43.5 Å². The molecule has 0 bridgehead atoms. The summed E-state index contributed by atoms with van der Waals surface area (Å²) >= 11 is 0. The van der Waals surface area contributed by atoms with E-state index in [0.29, 0.717) is 18.4 Å². The molecule has 0 aromatic carbocycles. The van der Waals surface area contributed by atoms with Crippen molar-refractivity contribution in [3.63, 3.8) is 0 Å². The van der Waals surface area contributed by atoms with Crippen molar-refractivity contribution in [1.82, 2.24) is 9.88 Å². The van der Waals surface area contributed by atoms with Gasteiger partial charge in [0.1, 0.15) is 0 Å². The summed E-state index contributed by atoms with van der Waals surface area (Å²) < 4.78 is 1.40. The van der Waals surface area contributed by atoms with Gasteiger partial charge < -0.3 is 15.0 Å². The molecule has 6 nitrogen and oxygen atoms in total. The molecule has 0 saturated heterocycles. The number of rotatable bonds is 7. The van der Waals surface area contributed by atoms with Gasteiger partial charge in [0.2, 0.25) is 0 Å². The summed E-state index contributed by atoms with van der Waals surface area (Å²) in [5.41, 5.74) is 0.106. The predicted octanol–water partition coefficient (Wildman–Crippen LogP) is 1.39. The average molecular weight is 294 g/mol. The van der Waals surface area contributed by atoms with Crippen molar-refractivity contribution < 1.29 is 14.7 Å². The van der Waals surface area contributed by atoms with Gasteiger partial charge in [-0.1, -0.05) is 13.3 Å². The third-order valence-electron chi connectivity index (χ3n) is 3.44. The molecule has 2 N–H and O–H groups in total. The quantitative estimate of drug-likeness (QED) is 0.795. The van der Waals surface area contributed by atoms with Crippen LogP contribution < -0.4 is 10.9 Å². The van der Waals surface area contributed by atoms with E-state index in [9.17, 15) is 14.4 Å². The molecule has 0 fully saturated rings. The van der Waals surface area contributed by atoms with Crippen LogP contribution in [0, 0.1) is 5.92 Å². The van der Waals surface area contributed by atoms with Gasteiger partial charge in [0, 0.05) is 30.9 Å². The van der Waals surface area contributed by atoms with Gasteiger partial charge in [-0.15, -0.1) is 0 Å². The van der Waals surface area contributed by atoms with Crippen LogP contribution in [0.2, 0.25) is 0 Å². The van der Waals surface area contributed by atoms with Gasteiger partial charge in [0.15, 0.2) is 0 Å². The topological polar surface area (TPSA) is 88.4 Å². The van der Waals surface area contributed by atoms with E-state index >= 15 is 0 Å². The minimum atomic E-state index is -0.799. The Labute approximate surface area is 123 Å². The van der Waals surface area contributed by atoms with Crippen molar-refractivity contribution >= 4 is 11.9 Å². The normalized spacial score (nSPS) is 13.5. The highest BCUT2D eigenvalue weighted by atomic mass is 16.4. The number of aryl methyl sites for hydroxylation is 1. The van der Waals surface area contributed by atoms with Crippen molar-refractivity contribution in [2.75, 3.05) is 0 Å². The van der Waals surface area contributed by atoms with Crippen LogP contribution in [0.25, 0.3) is 0 Å². The molecule has 0 radical (unpaired) electrons. The zero-order valence-corrected chi connectivity index (χ0v) is 12.6. The Bertz CT molecular complexity index is 565. The van der Waals surface area contributed by atoms with Crippen molar-refractivity contribution in [1.29, 1.82) is 0 Å². The van der Waals surface area contributed by atoms with E-state index in [0.717, 1.165) is 6.42 Å². The van der Waals surface area contributed by atoms with E-state index in [2.05, 4.69) is 5.32 Å². The fraction of sp³-hybridized carbons (Fsp3) is 0.533. The standard InChI is InChI=1S/C15H22N2O4/c1-10(15(20)21)5-4-6-11(2)16-14(19)12-7-8-17(3)13(18)9-12/h7-11H,4-6H2,1-3H3,(H,16,19)(H,20,21). The number of carboxylic acids is 1. The smallest absolute Gasteiger partial charge is 0.306 e. The summed E-state index contributed by atoms with van der Waals surface area (Å²) in [4.78, 5) is 34.1. The molecule has 1 heterocycles. The van der Waals surface area contributed by atoms with Crippen molar-refractivity contribution in [2.45, 2.75) is 39.2 Å². The number of carbonyl (C=O) groups is 2. The van der Waals surface area contributed by atoms with Gasteiger partial charge in [0.05, 0.1) is 5.92 Å². The van der Waals surface area contributed by atoms with Gasteiger partial charge in [-0.25, -0.2) is 0 Å². The molecule has 6 heteroatoms. The molecule has 0 spiro atoms. The molecule has 116 valence electrons. The van der Waals surface area contributed by atoms with E-state index < -0.39 is 5.97 Å². The second kappa shape index (κ2) is 7.61. The SMILES string of the molecule is CC(CCCC(C)C(=O)O)NC(=O)c1ccn(C)c(=O)c1. The maximum atomic E-state index is 12.0. The Hall–Kier alpha value is -2.11. The summed E-state index contributed by atoms with van der Waals surface area (Å²) in [6, 6.07) is 2.83. The maximum Gasteiger partial charge on any atom is 0.306 e. The Morgan fingerprint density at radius 3 is 2.57 bits per heavy atom.